The maximum atomic E-state index is 5.33. The van der Waals surface area contributed by atoms with Crippen LogP contribution in [0.4, 0.5) is 0 Å². The van der Waals surface area contributed by atoms with E-state index in [-0.39, 0.29) is 0 Å². The van der Waals surface area contributed by atoms with Crippen LogP contribution in [0, 0.1) is 6.92 Å². The number of fused-ring (bicyclic) bond motifs is 3. The molecule has 0 amide bonds. The third-order valence-corrected chi connectivity index (χ3v) is 3.07. The lowest BCUT2D eigenvalue weighted by molar-refractivity contribution is 0.419. The van der Waals surface area contributed by atoms with E-state index in [0.717, 1.165) is 33.2 Å². The second-order valence-corrected chi connectivity index (χ2v) is 4.09. The number of pyridine rings is 1. The lowest BCUT2D eigenvalue weighted by Gasteiger charge is -2.05. The summed E-state index contributed by atoms with van der Waals surface area (Å²) in [6.45, 7) is 2.00. The maximum Gasteiger partial charge on any atom is 0.145 e. The highest BCUT2D eigenvalue weighted by molar-refractivity contribution is 6.05. The number of aryl methyl sites for hydroxylation is 2. The maximum absolute atomic E-state index is 5.33. The molecular weight excluding hydrogens is 214 g/mol. The Bertz CT molecular complexity index is 715. The van der Waals surface area contributed by atoms with Gasteiger partial charge in [-0.15, -0.1) is 0 Å². The Hall–Kier alpha value is -2.10. The Labute approximate surface area is 98.8 Å². The summed E-state index contributed by atoms with van der Waals surface area (Å²) in [4.78, 5) is 4.48. The van der Waals surface area contributed by atoms with Gasteiger partial charge in [-0.05, 0) is 13.0 Å². The molecule has 0 N–H and O–H groups in total. The molecule has 0 unspecified atom stereocenters. The van der Waals surface area contributed by atoms with Gasteiger partial charge in [0.1, 0.15) is 11.3 Å². The van der Waals surface area contributed by atoms with Gasteiger partial charge in [-0.1, -0.05) is 12.1 Å². The molecule has 2 heterocycles. The van der Waals surface area contributed by atoms with E-state index in [1.165, 1.54) is 0 Å². The van der Waals surface area contributed by atoms with Gasteiger partial charge < -0.3 is 4.74 Å². The summed E-state index contributed by atoms with van der Waals surface area (Å²) in [6.07, 6.45) is 1.86. The van der Waals surface area contributed by atoms with Crippen LogP contribution in [-0.2, 0) is 7.05 Å². The zero-order valence-electron chi connectivity index (χ0n) is 10.1. The SMILES string of the molecule is COc1cccc2c1ncc1c(C)nn(C)c12. The molecule has 0 aliphatic rings. The van der Waals surface area contributed by atoms with Gasteiger partial charge in [-0.2, -0.15) is 5.10 Å². The average Bonchev–Trinajstić information content (AvgIpc) is 2.64. The third-order valence-electron chi connectivity index (χ3n) is 3.07. The van der Waals surface area contributed by atoms with E-state index in [1.807, 2.05) is 43.0 Å². The normalized spacial score (nSPS) is 11.2. The molecule has 86 valence electrons. The summed E-state index contributed by atoms with van der Waals surface area (Å²) >= 11 is 0. The highest BCUT2D eigenvalue weighted by atomic mass is 16.5. The van der Waals surface area contributed by atoms with E-state index in [9.17, 15) is 0 Å². The van der Waals surface area contributed by atoms with E-state index >= 15 is 0 Å². The Morgan fingerprint density at radius 2 is 2.06 bits per heavy atom. The molecule has 4 heteroatoms. The first-order valence-corrected chi connectivity index (χ1v) is 5.47. The smallest absolute Gasteiger partial charge is 0.145 e. The summed E-state index contributed by atoms with van der Waals surface area (Å²) in [5, 5.41) is 6.60. The lowest BCUT2D eigenvalue weighted by Crippen LogP contribution is -1.92. The summed E-state index contributed by atoms with van der Waals surface area (Å²) in [6, 6.07) is 5.95. The highest BCUT2D eigenvalue weighted by Crippen LogP contribution is 2.30. The number of ether oxygens (including phenoxy) is 1. The number of nitrogens with zero attached hydrogens (tertiary/aromatic N) is 3. The van der Waals surface area contributed by atoms with Gasteiger partial charge in [0, 0.05) is 24.0 Å². The second-order valence-electron chi connectivity index (χ2n) is 4.09. The lowest BCUT2D eigenvalue weighted by atomic mass is 10.1. The molecular formula is C13H13N3O. The number of rotatable bonds is 1. The standard InChI is InChI=1S/C13H13N3O/c1-8-10-7-14-12-9(13(10)16(2)15-8)5-4-6-11(12)17-3/h4-7H,1-3H3. The second kappa shape index (κ2) is 3.45. The van der Waals surface area contributed by atoms with E-state index in [2.05, 4.69) is 10.1 Å². The van der Waals surface area contributed by atoms with Crippen molar-refractivity contribution in [3.05, 3.63) is 30.1 Å². The van der Waals surface area contributed by atoms with E-state index in [4.69, 9.17) is 4.74 Å². The minimum absolute atomic E-state index is 0.795. The number of hydrogen-bond donors (Lipinski definition) is 0. The summed E-state index contributed by atoms with van der Waals surface area (Å²) in [7, 11) is 3.61. The van der Waals surface area contributed by atoms with Crippen LogP contribution in [0.3, 0.4) is 0 Å². The van der Waals surface area contributed by atoms with Crippen LogP contribution in [0.25, 0.3) is 21.8 Å². The van der Waals surface area contributed by atoms with Crippen molar-refractivity contribution in [2.45, 2.75) is 6.92 Å². The monoisotopic (exact) mass is 227 g/mol. The molecule has 3 aromatic rings. The van der Waals surface area contributed by atoms with Crippen LogP contribution >= 0.6 is 0 Å². The van der Waals surface area contributed by atoms with Crippen LogP contribution in [0.5, 0.6) is 5.75 Å². The van der Waals surface area contributed by atoms with E-state index in [1.54, 1.807) is 7.11 Å². The number of methoxy groups -OCH3 is 1. The van der Waals surface area contributed by atoms with Crippen molar-refractivity contribution in [3.63, 3.8) is 0 Å². The highest BCUT2D eigenvalue weighted by Gasteiger charge is 2.11. The fraction of sp³-hybridized carbons (Fsp3) is 0.231. The van der Waals surface area contributed by atoms with Crippen molar-refractivity contribution >= 4 is 21.8 Å². The predicted octanol–water partition coefficient (Wildman–Crippen LogP) is 2.44. The molecule has 0 saturated carbocycles. The first-order chi connectivity index (χ1) is 8.22. The quantitative estimate of drug-likeness (QED) is 0.641. The van der Waals surface area contributed by atoms with Gasteiger partial charge in [0.05, 0.1) is 18.3 Å². The van der Waals surface area contributed by atoms with Gasteiger partial charge >= 0.3 is 0 Å². The Balaban J connectivity index is 2.56. The Morgan fingerprint density at radius 3 is 2.82 bits per heavy atom. The summed E-state index contributed by atoms with van der Waals surface area (Å²) < 4.78 is 7.23. The van der Waals surface area contributed by atoms with Crippen LogP contribution in [-0.4, -0.2) is 21.9 Å². The zero-order chi connectivity index (χ0) is 12.0. The van der Waals surface area contributed by atoms with Gasteiger partial charge in [-0.3, -0.25) is 9.67 Å². The van der Waals surface area contributed by atoms with Gasteiger partial charge in [0.25, 0.3) is 0 Å². The molecule has 0 saturated heterocycles. The van der Waals surface area contributed by atoms with Crippen molar-refractivity contribution < 1.29 is 4.74 Å². The molecule has 1 aromatic carbocycles. The topological polar surface area (TPSA) is 39.9 Å². The molecule has 0 spiro atoms. The molecule has 17 heavy (non-hydrogen) atoms. The molecule has 0 atom stereocenters. The number of benzene rings is 1. The van der Waals surface area contributed by atoms with Gasteiger partial charge in [0.15, 0.2) is 0 Å². The van der Waals surface area contributed by atoms with Crippen LogP contribution in [0.2, 0.25) is 0 Å². The van der Waals surface area contributed by atoms with Crippen molar-refractivity contribution in [2.75, 3.05) is 7.11 Å². The van der Waals surface area contributed by atoms with E-state index < -0.39 is 0 Å². The fourth-order valence-electron chi connectivity index (χ4n) is 2.29. The molecule has 0 aliphatic heterocycles. The summed E-state index contributed by atoms with van der Waals surface area (Å²) in [5.41, 5.74) is 2.98. The van der Waals surface area contributed by atoms with Crippen molar-refractivity contribution in [1.29, 1.82) is 0 Å². The predicted molar refractivity (Wildman–Crippen MR) is 67.3 cm³/mol. The largest absolute Gasteiger partial charge is 0.494 e. The van der Waals surface area contributed by atoms with Gasteiger partial charge in [-0.25, -0.2) is 0 Å². The Morgan fingerprint density at radius 1 is 1.24 bits per heavy atom. The fourth-order valence-corrected chi connectivity index (χ4v) is 2.29. The van der Waals surface area contributed by atoms with Gasteiger partial charge in [0.2, 0.25) is 0 Å². The molecule has 0 aliphatic carbocycles. The first kappa shape index (κ1) is 10.1. The number of aromatic nitrogens is 3. The first-order valence-electron chi connectivity index (χ1n) is 5.47. The minimum atomic E-state index is 0.795. The molecule has 0 bridgehead atoms. The molecule has 0 radical (unpaired) electrons. The van der Waals surface area contributed by atoms with Crippen molar-refractivity contribution in [2.24, 2.45) is 7.05 Å². The van der Waals surface area contributed by atoms with Crippen LogP contribution in [0.1, 0.15) is 5.69 Å². The van der Waals surface area contributed by atoms with Crippen LogP contribution < -0.4 is 4.74 Å². The average molecular weight is 227 g/mol. The summed E-state index contributed by atoms with van der Waals surface area (Å²) in [5.74, 6) is 0.795. The molecule has 2 aromatic heterocycles. The van der Waals surface area contributed by atoms with E-state index in [0.29, 0.717) is 0 Å². The van der Waals surface area contributed by atoms with Crippen LogP contribution in [0.15, 0.2) is 24.4 Å². The Kier molecular flexibility index (Phi) is 2.04. The minimum Gasteiger partial charge on any atom is -0.494 e. The number of para-hydroxylation sites is 1. The molecule has 4 nitrogen and oxygen atoms in total. The van der Waals surface area contributed by atoms with Crippen molar-refractivity contribution in [3.8, 4) is 5.75 Å². The zero-order valence-corrected chi connectivity index (χ0v) is 10.1. The molecule has 3 rings (SSSR count). The van der Waals surface area contributed by atoms with Crippen molar-refractivity contribution in [1.82, 2.24) is 14.8 Å². The third kappa shape index (κ3) is 1.30. The molecule has 0 fully saturated rings. The number of hydrogen-bond acceptors (Lipinski definition) is 3.